The second kappa shape index (κ2) is 4.66. The Labute approximate surface area is 100 Å². The molecule has 0 aromatic heterocycles. The molecule has 0 amide bonds. The van der Waals surface area contributed by atoms with Crippen LogP contribution in [0.1, 0.15) is 53.4 Å². The maximum Gasteiger partial charge on any atom is 0.0509 e. The average molecular weight is 225 g/mol. The quantitative estimate of drug-likeness (QED) is 0.732. The van der Waals surface area contributed by atoms with E-state index < -0.39 is 0 Å². The molecule has 2 fully saturated rings. The van der Waals surface area contributed by atoms with Gasteiger partial charge >= 0.3 is 0 Å². The topological polar surface area (TPSA) is 12.5 Å². The van der Waals surface area contributed by atoms with Crippen LogP contribution in [0.15, 0.2) is 0 Å². The van der Waals surface area contributed by atoms with E-state index in [1.165, 1.54) is 25.7 Å². The van der Waals surface area contributed by atoms with E-state index in [-0.39, 0.29) is 0 Å². The summed E-state index contributed by atoms with van der Waals surface area (Å²) in [5.41, 5.74) is 0.359. The van der Waals surface area contributed by atoms with Crippen LogP contribution in [-0.2, 0) is 4.74 Å². The van der Waals surface area contributed by atoms with Gasteiger partial charge in [0.15, 0.2) is 0 Å². The van der Waals surface area contributed by atoms with Crippen LogP contribution in [0, 0.1) is 5.92 Å². The highest BCUT2D eigenvalue weighted by Gasteiger charge is 2.46. The summed E-state index contributed by atoms with van der Waals surface area (Å²) < 4.78 is 5.64. The molecule has 0 bridgehead atoms. The van der Waals surface area contributed by atoms with Gasteiger partial charge in [0.25, 0.3) is 0 Å². The normalized spacial score (nSPS) is 36.4. The van der Waals surface area contributed by atoms with Gasteiger partial charge in [0.05, 0.1) is 6.61 Å². The van der Waals surface area contributed by atoms with Gasteiger partial charge in [-0.25, -0.2) is 0 Å². The van der Waals surface area contributed by atoms with Crippen molar-refractivity contribution in [1.29, 1.82) is 0 Å². The highest BCUT2D eigenvalue weighted by molar-refractivity contribution is 5.00. The lowest BCUT2D eigenvalue weighted by Gasteiger charge is -2.44. The number of ether oxygens (including phenoxy) is 1. The summed E-state index contributed by atoms with van der Waals surface area (Å²) >= 11 is 0. The Bertz CT molecular complexity index is 239. The standard InChI is InChI=1S/C14H27NO/c1-5-12-9-11-10-16-8-7-13(11)15(12)14(3,4)6-2/h11-13H,5-10H2,1-4H3. The minimum atomic E-state index is 0.359. The molecule has 2 heteroatoms. The van der Waals surface area contributed by atoms with E-state index in [0.29, 0.717) is 5.54 Å². The highest BCUT2D eigenvalue weighted by Crippen LogP contribution is 2.41. The van der Waals surface area contributed by atoms with Gasteiger partial charge in [0.2, 0.25) is 0 Å². The van der Waals surface area contributed by atoms with Gasteiger partial charge in [-0.2, -0.15) is 0 Å². The molecule has 0 saturated carbocycles. The third kappa shape index (κ3) is 2.02. The second-order valence-electron chi connectivity index (χ2n) is 6.06. The van der Waals surface area contributed by atoms with Crippen molar-refractivity contribution in [3.8, 4) is 0 Å². The van der Waals surface area contributed by atoms with Crippen molar-refractivity contribution in [3.63, 3.8) is 0 Å². The number of likely N-dealkylation sites (tertiary alicyclic amines) is 1. The van der Waals surface area contributed by atoms with E-state index in [1.807, 2.05) is 0 Å². The molecule has 2 saturated heterocycles. The van der Waals surface area contributed by atoms with Crippen molar-refractivity contribution in [2.45, 2.75) is 71.0 Å². The Balaban J connectivity index is 2.18. The van der Waals surface area contributed by atoms with Crippen LogP contribution < -0.4 is 0 Å². The maximum absolute atomic E-state index is 5.64. The molecule has 0 aromatic rings. The van der Waals surface area contributed by atoms with Crippen molar-refractivity contribution >= 4 is 0 Å². The van der Waals surface area contributed by atoms with Crippen molar-refractivity contribution in [3.05, 3.63) is 0 Å². The molecule has 0 radical (unpaired) electrons. The minimum absolute atomic E-state index is 0.359. The molecule has 2 nitrogen and oxygen atoms in total. The third-order valence-electron chi connectivity index (χ3n) is 4.79. The minimum Gasteiger partial charge on any atom is -0.381 e. The summed E-state index contributed by atoms with van der Waals surface area (Å²) in [5.74, 6) is 0.796. The van der Waals surface area contributed by atoms with Crippen LogP contribution in [0.25, 0.3) is 0 Å². The number of hydrogen-bond donors (Lipinski definition) is 0. The summed E-state index contributed by atoms with van der Waals surface area (Å²) in [5, 5.41) is 0. The van der Waals surface area contributed by atoms with Crippen LogP contribution in [-0.4, -0.2) is 35.7 Å². The van der Waals surface area contributed by atoms with Crippen molar-refractivity contribution in [1.82, 2.24) is 4.90 Å². The van der Waals surface area contributed by atoms with Crippen molar-refractivity contribution < 1.29 is 4.74 Å². The Hall–Kier alpha value is -0.0800. The Morgan fingerprint density at radius 1 is 1.31 bits per heavy atom. The van der Waals surface area contributed by atoms with Crippen LogP contribution in [0.2, 0.25) is 0 Å². The molecule has 94 valence electrons. The Morgan fingerprint density at radius 3 is 2.69 bits per heavy atom. The largest absolute Gasteiger partial charge is 0.381 e. The van der Waals surface area contributed by atoms with E-state index in [1.54, 1.807) is 0 Å². The van der Waals surface area contributed by atoms with Gasteiger partial charge < -0.3 is 4.74 Å². The van der Waals surface area contributed by atoms with E-state index in [0.717, 1.165) is 31.2 Å². The van der Waals surface area contributed by atoms with Gasteiger partial charge in [0, 0.05) is 24.2 Å². The maximum atomic E-state index is 5.64. The monoisotopic (exact) mass is 225 g/mol. The molecule has 0 aromatic carbocycles. The first-order chi connectivity index (χ1) is 7.60. The smallest absolute Gasteiger partial charge is 0.0509 e. The number of rotatable bonds is 3. The van der Waals surface area contributed by atoms with Crippen molar-refractivity contribution in [2.75, 3.05) is 13.2 Å². The molecule has 3 atom stereocenters. The molecule has 0 aliphatic carbocycles. The lowest BCUT2D eigenvalue weighted by atomic mass is 9.92. The third-order valence-corrected chi connectivity index (χ3v) is 4.79. The zero-order valence-corrected chi connectivity index (χ0v) is 11.3. The average Bonchev–Trinajstić information content (AvgIpc) is 2.67. The summed E-state index contributed by atoms with van der Waals surface area (Å²) in [7, 11) is 0. The van der Waals surface area contributed by atoms with Gasteiger partial charge in [-0.1, -0.05) is 13.8 Å². The summed E-state index contributed by atoms with van der Waals surface area (Å²) in [6.07, 6.45) is 5.12. The van der Waals surface area contributed by atoms with E-state index in [4.69, 9.17) is 4.74 Å². The molecule has 0 spiro atoms. The number of nitrogens with zero attached hydrogens (tertiary/aromatic N) is 1. The molecule has 2 aliphatic heterocycles. The van der Waals surface area contributed by atoms with Gasteiger partial charge in [0.1, 0.15) is 0 Å². The lowest BCUT2D eigenvalue weighted by molar-refractivity contribution is -0.0158. The highest BCUT2D eigenvalue weighted by atomic mass is 16.5. The fraction of sp³-hybridized carbons (Fsp3) is 1.00. The van der Waals surface area contributed by atoms with E-state index in [2.05, 4.69) is 32.6 Å². The van der Waals surface area contributed by atoms with Crippen LogP contribution in [0.3, 0.4) is 0 Å². The molecule has 0 N–H and O–H groups in total. The molecular weight excluding hydrogens is 198 g/mol. The van der Waals surface area contributed by atoms with E-state index in [9.17, 15) is 0 Å². The zero-order valence-electron chi connectivity index (χ0n) is 11.3. The summed E-state index contributed by atoms with van der Waals surface area (Å²) in [4.78, 5) is 2.82. The van der Waals surface area contributed by atoms with Crippen LogP contribution in [0.5, 0.6) is 0 Å². The molecule has 16 heavy (non-hydrogen) atoms. The van der Waals surface area contributed by atoms with Crippen LogP contribution >= 0.6 is 0 Å². The van der Waals surface area contributed by atoms with Gasteiger partial charge in [-0.15, -0.1) is 0 Å². The fourth-order valence-electron chi connectivity index (χ4n) is 3.60. The summed E-state index contributed by atoms with van der Waals surface area (Å²) in [6.45, 7) is 11.4. The molecule has 2 aliphatic rings. The number of hydrogen-bond acceptors (Lipinski definition) is 2. The van der Waals surface area contributed by atoms with E-state index >= 15 is 0 Å². The van der Waals surface area contributed by atoms with Gasteiger partial charge in [-0.05, 0) is 45.4 Å². The van der Waals surface area contributed by atoms with Crippen LogP contribution in [0.4, 0.5) is 0 Å². The Morgan fingerprint density at radius 2 is 2.06 bits per heavy atom. The SMILES string of the molecule is CCC1CC2COCCC2N1C(C)(C)CC. The fourth-order valence-corrected chi connectivity index (χ4v) is 3.60. The predicted molar refractivity (Wildman–Crippen MR) is 67.6 cm³/mol. The summed E-state index contributed by atoms with van der Waals surface area (Å²) in [6, 6.07) is 1.57. The molecular formula is C14H27NO. The second-order valence-corrected chi connectivity index (χ2v) is 6.06. The first kappa shape index (κ1) is 12.4. The molecule has 2 rings (SSSR count). The van der Waals surface area contributed by atoms with Gasteiger partial charge in [-0.3, -0.25) is 4.90 Å². The first-order valence-corrected chi connectivity index (χ1v) is 6.96. The number of fused-ring (bicyclic) bond motifs is 1. The molecule has 2 heterocycles. The lowest BCUT2D eigenvalue weighted by Crippen LogP contribution is -2.52. The first-order valence-electron chi connectivity index (χ1n) is 6.96. The Kier molecular flexibility index (Phi) is 3.60. The predicted octanol–water partition coefficient (Wildman–Crippen LogP) is 3.06. The zero-order chi connectivity index (χ0) is 11.8. The molecule has 3 unspecified atom stereocenters. The van der Waals surface area contributed by atoms with Crippen molar-refractivity contribution in [2.24, 2.45) is 5.92 Å².